The van der Waals surface area contributed by atoms with Crippen molar-refractivity contribution in [2.45, 2.75) is 52.6 Å². The van der Waals surface area contributed by atoms with Gasteiger partial charge < -0.3 is 5.11 Å². The Morgan fingerprint density at radius 1 is 1.47 bits per heavy atom. The lowest BCUT2D eigenvalue weighted by atomic mass is 9.95. The Kier molecular flexibility index (Phi) is 3.23. The number of aliphatic hydroxyl groups is 1. The Morgan fingerprint density at radius 2 is 2.26 bits per heavy atom. The first-order valence-corrected chi connectivity index (χ1v) is 7.79. The van der Waals surface area contributed by atoms with Gasteiger partial charge in [0.05, 0.1) is 11.8 Å². The summed E-state index contributed by atoms with van der Waals surface area (Å²) < 4.78 is 2.24. The predicted molar refractivity (Wildman–Crippen MR) is 78.2 cm³/mol. The van der Waals surface area contributed by atoms with E-state index in [1.54, 1.807) is 11.3 Å². The SMILES string of the molecule is CCc1nc(-n2c(C)cc3c2CCCC3O)sc1C. The highest BCUT2D eigenvalue weighted by atomic mass is 32.1. The lowest BCUT2D eigenvalue weighted by Gasteiger charge is -2.19. The lowest BCUT2D eigenvalue weighted by Crippen LogP contribution is -2.11. The third-order valence-corrected chi connectivity index (χ3v) is 4.98. The molecule has 1 unspecified atom stereocenters. The minimum absolute atomic E-state index is 0.296. The molecule has 0 aromatic carbocycles. The average molecular weight is 276 g/mol. The molecule has 1 N–H and O–H groups in total. The number of aromatic nitrogens is 2. The monoisotopic (exact) mass is 276 g/mol. The quantitative estimate of drug-likeness (QED) is 0.912. The van der Waals surface area contributed by atoms with Crippen molar-refractivity contribution < 1.29 is 5.11 Å². The zero-order chi connectivity index (χ0) is 13.6. The molecule has 0 aliphatic heterocycles. The van der Waals surface area contributed by atoms with Crippen LogP contribution < -0.4 is 0 Å². The van der Waals surface area contributed by atoms with Crippen LogP contribution >= 0.6 is 11.3 Å². The third-order valence-electron chi connectivity index (χ3n) is 3.98. The van der Waals surface area contributed by atoms with Crippen LogP contribution in [-0.2, 0) is 12.8 Å². The van der Waals surface area contributed by atoms with Crippen LogP contribution in [0, 0.1) is 13.8 Å². The van der Waals surface area contributed by atoms with E-state index in [1.165, 1.54) is 22.0 Å². The Labute approximate surface area is 117 Å². The molecule has 0 fully saturated rings. The van der Waals surface area contributed by atoms with Gasteiger partial charge in [-0.25, -0.2) is 4.98 Å². The first-order valence-electron chi connectivity index (χ1n) is 6.97. The largest absolute Gasteiger partial charge is 0.388 e. The van der Waals surface area contributed by atoms with Crippen LogP contribution in [0.5, 0.6) is 0 Å². The standard InChI is InChI=1S/C15H20N2OS/c1-4-12-10(3)19-15(16-12)17-9(2)8-11-13(17)6-5-7-14(11)18/h8,14,18H,4-7H2,1-3H3. The first kappa shape index (κ1) is 12.9. The Bertz CT molecular complexity index is 612. The summed E-state index contributed by atoms with van der Waals surface area (Å²) in [4.78, 5) is 6.07. The van der Waals surface area contributed by atoms with Gasteiger partial charge in [0.1, 0.15) is 0 Å². The summed E-state index contributed by atoms with van der Waals surface area (Å²) in [6.45, 7) is 6.39. The summed E-state index contributed by atoms with van der Waals surface area (Å²) in [7, 11) is 0. The second-order valence-electron chi connectivity index (χ2n) is 5.28. The van der Waals surface area contributed by atoms with Crippen LogP contribution in [-0.4, -0.2) is 14.7 Å². The highest BCUT2D eigenvalue weighted by Crippen LogP contribution is 2.35. The molecule has 3 nitrogen and oxygen atoms in total. The lowest BCUT2D eigenvalue weighted by molar-refractivity contribution is 0.156. The molecule has 0 radical (unpaired) electrons. The molecule has 0 saturated heterocycles. The number of fused-ring (bicyclic) bond motifs is 1. The molecule has 1 aliphatic carbocycles. The molecule has 4 heteroatoms. The van der Waals surface area contributed by atoms with E-state index in [0.29, 0.717) is 0 Å². The summed E-state index contributed by atoms with van der Waals surface area (Å²) in [5.41, 5.74) is 4.74. The number of nitrogens with zero attached hydrogens (tertiary/aromatic N) is 2. The molecule has 1 aliphatic rings. The van der Waals surface area contributed by atoms with Gasteiger partial charge in [-0.05, 0) is 45.6 Å². The summed E-state index contributed by atoms with van der Waals surface area (Å²) in [6, 6.07) is 2.13. The van der Waals surface area contributed by atoms with Gasteiger partial charge in [-0.3, -0.25) is 4.57 Å². The highest BCUT2D eigenvalue weighted by molar-refractivity contribution is 7.14. The molecule has 19 heavy (non-hydrogen) atoms. The van der Waals surface area contributed by atoms with Crippen molar-refractivity contribution in [3.05, 3.63) is 33.6 Å². The fourth-order valence-corrected chi connectivity index (χ4v) is 4.06. The maximum Gasteiger partial charge on any atom is 0.194 e. The predicted octanol–water partition coefficient (Wildman–Crippen LogP) is 3.48. The molecule has 0 saturated carbocycles. The fourth-order valence-electron chi connectivity index (χ4n) is 2.98. The van der Waals surface area contributed by atoms with Crippen LogP contribution in [0.4, 0.5) is 0 Å². The summed E-state index contributed by atoms with van der Waals surface area (Å²) in [6.07, 6.45) is 3.67. The van der Waals surface area contributed by atoms with Gasteiger partial charge in [0.15, 0.2) is 5.13 Å². The van der Waals surface area contributed by atoms with Gasteiger partial charge >= 0.3 is 0 Å². The summed E-state index contributed by atoms with van der Waals surface area (Å²) in [5, 5.41) is 11.2. The second-order valence-corrected chi connectivity index (χ2v) is 6.47. The van der Waals surface area contributed by atoms with Crippen LogP contribution in [0.1, 0.15) is 53.4 Å². The van der Waals surface area contributed by atoms with Crippen molar-refractivity contribution in [3.63, 3.8) is 0 Å². The molecule has 1 atom stereocenters. The van der Waals surface area contributed by atoms with E-state index in [1.807, 2.05) is 0 Å². The number of rotatable bonds is 2. The van der Waals surface area contributed by atoms with Gasteiger partial charge in [0.25, 0.3) is 0 Å². The zero-order valence-electron chi connectivity index (χ0n) is 11.7. The smallest absolute Gasteiger partial charge is 0.194 e. The van der Waals surface area contributed by atoms with E-state index in [9.17, 15) is 5.11 Å². The molecule has 0 spiro atoms. The number of aliphatic hydroxyl groups excluding tert-OH is 1. The first-order chi connectivity index (χ1) is 9.11. The van der Waals surface area contributed by atoms with Gasteiger partial charge in [0, 0.05) is 21.8 Å². The van der Waals surface area contributed by atoms with E-state index in [0.717, 1.165) is 36.4 Å². The maximum absolute atomic E-state index is 10.1. The van der Waals surface area contributed by atoms with Crippen molar-refractivity contribution in [2.75, 3.05) is 0 Å². The van der Waals surface area contributed by atoms with Crippen molar-refractivity contribution in [1.29, 1.82) is 0 Å². The summed E-state index contributed by atoms with van der Waals surface area (Å²) in [5.74, 6) is 0. The molecule has 2 aromatic rings. The number of thiazole rings is 1. The van der Waals surface area contributed by atoms with E-state index in [2.05, 4.69) is 31.4 Å². The van der Waals surface area contributed by atoms with E-state index in [-0.39, 0.29) is 6.10 Å². The number of aryl methyl sites for hydroxylation is 3. The van der Waals surface area contributed by atoms with Crippen molar-refractivity contribution in [2.24, 2.45) is 0 Å². The molecule has 3 rings (SSSR count). The van der Waals surface area contributed by atoms with E-state index >= 15 is 0 Å². The maximum atomic E-state index is 10.1. The van der Waals surface area contributed by atoms with Gasteiger partial charge in [-0.2, -0.15) is 0 Å². The van der Waals surface area contributed by atoms with Gasteiger partial charge in [0.2, 0.25) is 0 Å². The minimum Gasteiger partial charge on any atom is -0.388 e. The van der Waals surface area contributed by atoms with Gasteiger partial charge in [-0.15, -0.1) is 11.3 Å². The Hall–Kier alpha value is -1.13. The molecule has 2 aromatic heterocycles. The third kappa shape index (κ3) is 2.03. The van der Waals surface area contributed by atoms with Crippen LogP contribution in [0.25, 0.3) is 5.13 Å². The van der Waals surface area contributed by atoms with E-state index < -0.39 is 0 Å². The Balaban J connectivity index is 2.14. The average Bonchev–Trinajstić information content (AvgIpc) is 2.90. The highest BCUT2D eigenvalue weighted by Gasteiger charge is 2.24. The van der Waals surface area contributed by atoms with Crippen molar-refractivity contribution >= 4 is 11.3 Å². The normalized spacial score (nSPS) is 18.6. The topological polar surface area (TPSA) is 38.0 Å². The van der Waals surface area contributed by atoms with Crippen LogP contribution in [0.15, 0.2) is 6.07 Å². The number of hydrogen-bond donors (Lipinski definition) is 1. The number of hydrogen-bond acceptors (Lipinski definition) is 3. The molecular weight excluding hydrogens is 256 g/mol. The van der Waals surface area contributed by atoms with Crippen molar-refractivity contribution in [3.8, 4) is 5.13 Å². The van der Waals surface area contributed by atoms with Crippen LogP contribution in [0.2, 0.25) is 0 Å². The Morgan fingerprint density at radius 3 is 2.95 bits per heavy atom. The molecule has 0 bridgehead atoms. The molecule has 2 heterocycles. The van der Waals surface area contributed by atoms with Crippen LogP contribution in [0.3, 0.4) is 0 Å². The fraction of sp³-hybridized carbons (Fsp3) is 0.533. The minimum atomic E-state index is -0.296. The zero-order valence-corrected chi connectivity index (χ0v) is 12.5. The van der Waals surface area contributed by atoms with Crippen molar-refractivity contribution in [1.82, 2.24) is 9.55 Å². The molecular formula is C15H20N2OS. The molecule has 102 valence electrons. The van der Waals surface area contributed by atoms with Gasteiger partial charge in [-0.1, -0.05) is 6.92 Å². The second kappa shape index (κ2) is 4.76. The summed E-state index contributed by atoms with van der Waals surface area (Å²) >= 11 is 1.76. The molecule has 0 amide bonds. The van der Waals surface area contributed by atoms with E-state index in [4.69, 9.17) is 4.98 Å².